The van der Waals surface area contributed by atoms with Gasteiger partial charge in [-0.05, 0) is 36.4 Å². The fraction of sp³-hybridized carbons (Fsp3) is 0.133. The first kappa shape index (κ1) is 11.6. The van der Waals surface area contributed by atoms with Gasteiger partial charge < -0.3 is 14.0 Å². The van der Waals surface area contributed by atoms with Gasteiger partial charge in [0.25, 0.3) is 0 Å². The lowest BCUT2D eigenvalue weighted by atomic mass is 10.1. The van der Waals surface area contributed by atoms with Gasteiger partial charge in [-0.2, -0.15) is 0 Å². The molecule has 96 valence electrons. The third-order valence-electron chi connectivity index (χ3n) is 3.05. The molecule has 0 saturated carbocycles. The monoisotopic (exact) mass is 255 g/mol. The maximum Gasteiger partial charge on any atom is 0.209 e. The maximum atomic E-state index is 5.38. The van der Waals surface area contributed by atoms with E-state index < -0.39 is 0 Å². The smallest absolute Gasteiger partial charge is 0.209 e. The van der Waals surface area contributed by atoms with Gasteiger partial charge in [-0.1, -0.05) is 11.2 Å². The Morgan fingerprint density at radius 3 is 2.42 bits per heavy atom. The van der Waals surface area contributed by atoms with Crippen molar-refractivity contribution in [1.29, 1.82) is 0 Å². The Morgan fingerprint density at radius 1 is 0.947 bits per heavy atom. The van der Waals surface area contributed by atoms with Crippen LogP contribution in [0.3, 0.4) is 0 Å². The van der Waals surface area contributed by atoms with Crippen LogP contribution in [-0.2, 0) is 0 Å². The summed E-state index contributed by atoms with van der Waals surface area (Å²) in [5, 5.41) is 5.07. The number of rotatable bonds is 3. The summed E-state index contributed by atoms with van der Waals surface area (Å²) in [7, 11) is 3.26. The van der Waals surface area contributed by atoms with Crippen LogP contribution in [0.4, 0.5) is 0 Å². The van der Waals surface area contributed by atoms with E-state index in [0.717, 1.165) is 22.4 Å². The van der Waals surface area contributed by atoms with Crippen LogP contribution in [0.25, 0.3) is 22.2 Å². The Bertz CT molecular complexity index is 701. The topological polar surface area (TPSA) is 44.5 Å². The lowest BCUT2D eigenvalue weighted by Gasteiger charge is -2.01. The zero-order valence-corrected chi connectivity index (χ0v) is 10.7. The van der Waals surface area contributed by atoms with Gasteiger partial charge in [-0.25, -0.2) is 0 Å². The van der Waals surface area contributed by atoms with Crippen molar-refractivity contribution in [2.24, 2.45) is 0 Å². The molecule has 19 heavy (non-hydrogen) atoms. The molecular formula is C15H13NO3. The normalized spacial score (nSPS) is 10.6. The predicted molar refractivity (Wildman–Crippen MR) is 72.5 cm³/mol. The molecule has 1 aromatic heterocycles. The van der Waals surface area contributed by atoms with E-state index >= 15 is 0 Å². The van der Waals surface area contributed by atoms with E-state index in [2.05, 4.69) is 5.16 Å². The second-order valence-corrected chi connectivity index (χ2v) is 4.10. The maximum absolute atomic E-state index is 5.38. The largest absolute Gasteiger partial charge is 0.497 e. The van der Waals surface area contributed by atoms with E-state index in [1.807, 2.05) is 42.5 Å². The molecule has 0 aliphatic carbocycles. The fourth-order valence-electron chi connectivity index (χ4n) is 2.05. The molecule has 0 aliphatic heterocycles. The zero-order chi connectivity index (χ0) is 13.2. The average Bonchev–Trinajstić information content (AvgIpc) is 2.91. The van der Waals surface area contributed by atoms with Gasteiger partial charge in [0.1, 0.15) is 11.4 Å². The molecule has 1 heterocycles. The highest BCUT2D eigenvalue weighted by Crippen LogP contribution is 2.33. The first-order valence-electron chi connectivity index (χ1n) is 5.90. The summed E-state index contributed by atoms with van der Waals surface area (Å²) in [4.78, 5) is 0. The molecule has 0 radical (unpaired) electrons. The highest BCUT2D eigenvalue weighted by Gasteiger charge is 2.13. The molecule has 4 heteroatoms. The van der Waals surface area contributed by atoms with E-state index in [9.17, 15) is 0 Å². The van der Waals surface area contributed by atoms with Gasteiger partial charge in [0.2, 0.25) is 5.58 Å². The number of ether oxygens (including phenoxy) is 2. The molecule has 0 saturated heterocycles. The number of methoxy groups -OCH3 is 2. The quantitative estimate of drug-likeness (QED) is 0.718. The number of aromatic nitrogens is 1. The molecule has 3 aromatic rings. The summed E-state index contributed by atoms with van der Waals surface area (Å²) in [6, 6.07) is 13.4. The van der Waals surface area contributed by atoms with E-state index in [0.29, 0.717) is 11.3 Å². The Kier molecular flexibility index (Phi) is 2.83. The average molecular weight is 255 g/mol. The highest BCUT2D eigenvalue weighted by atomic mass is 16.5. The third kappa shape index (κ3) is 1.91. The first-order chi connectivity index (χ1) is 9.33. The number of hydrogen-bond donors (Lipinski definition) is 0. The van der Waals surface area contributed by atoms with Crippen molar-refractivity contribution in [3.8, 4) is 22.8 Å². The van der Waals surface area contributed by atoms with Crippen LogP contribution in [-0.4, -0.2) is 19.4 Å². The third-order valence-corrected chi connectivity index (χ3v) is 3.05. The summed E-state index contributed by atoms with van der Waals surface area (Å²) in [6.07, 6.45) is 0. The van der Waals surface area contributed by atoms with E-state index in [1.165, 1.54) is 0 Å². The van der Waals surface area contributed by atoms with Crippen LogP contribution in [0.2, 0.25) is 0 Å². The van der Waals surface area contributed by atoms with Crippen molar-refractivity contribution in [3.05, 3.63) is 42.5 Å². The van der Waals surface area contributed by atoms with E-state index in [-0.39, 0.29) is 0 Å². The minimum absolute atomic E-state index is 0.663. The number of benzene rings is 2. The number of fused-ring (bicyclic) bond motifs is 1. The van der Waals surface area contributed by atoms with Crippen molar-refractivity contribution in [1.82, 2.24) is 5.16 Å². The Morgan fingerprint density at radius 2 is 1.74 bits per heavy atom. The van der Waals surface area contributed by atoms with Crippen molar-refractivity contribution >= 4 is 11.0 Å². The summed E-state index contributed by atoms with van der Waals surface area (Å²) in [6.45, 7) is 0. The lowest BCUT2D eigenvalue weighted by Crippen LogP contribution is -1.84. The Labute approximate surface area is 110 Å². The summed E-state index contributed by atoms with van der Waals surface area (Å²) in [5.41, 5.74) is 2.44. The van der Waals surface area contributed by atoms with Crippen molar-refractivity contribution in [2.45, 2.75) is 0 Å². The molecule has 0 bridgehead atoms. The van der Waals surface area contributed by atoms with Gasteiger partial charge >= 0.3 is 0 Å². The lowest BCUT2D eigenvalue weighted by molar-refractivity contribution is 0.393. The van der Waals surface area contributed by atoms with Crippen molar-refractivity contribution in [3.63, 3.8) is 0 Å². The van der Waals surface area contributed by atoms with Crippen molar-refractivity contribution in [2.75, 3.05) is 14.2 Å². The molecule has 0 N–H and O–H groups in total. The summed E-state index contributed by atoms with van der Waals surface area (Å²) < 4.78 is 15.8. The molecular weight excluding hydrogens is 242 g/mol. The van der Waals surface area contributed by atoms with Gasteiger partial charge in [0.05, 0.1) is 19.6 Å². The summed E-state index contributed by atoms with van der Waals surface area (Å²) >= 11 is 0. The van der Waals surface area contributed by atoms with Gasteiger partial charge in [-0.3, -0.25) is 0 Å². The Hall–Kier alpha value is -2.49. The summed E-state index contributed by atoms with van der Waals surface area (Å²) in [5.74, 6) is 1.50. The molecule has 0 spiro atoms. The van der Waals surface area contributed by atoms with Crippen LogP contribution in [0.5, 0.6) is 11.5 Å². The minimum Gasteiger partial charge on any atom is -0.497 e. The second-order valence-electron chi connectivity index (χ2n) is 4.10. The van der Waals surface area contributed by atoms with Crippen LogP contribution in [0.15, 0.2) is 47.0 Å². The Balaban J connectivity index is 2.14. The molecule has 4 nitrogen and oxygen atoms in total. The standard InChI is InChI=1S/C15H13NO3/c1-17-11-8-6-10(7-9-11)14-12-4-3-5-13(18-2)15(12)19-16-14/h3-9H,1-2H3. The molecule has 2 aromatic carbocycles. The minimum atomic E-state index is 0.663. The fourth-order valence-corrected chi connectivity index (χ4v) is 2.05. The van der Waals surface area contributed by atoms with Gasteiger partial charge in [0.15, 0.2) is 5.75 Å². The van der Waals surface area contributed by atoms with Crippen LogP contribution < -0.4 is 9.47 Å². The van der Waals surface area contributed by atoms with Crippen LogP contribution in [0.1, 0.15) is 0 Å². The van der Waals surface area contributed by atoms with E-state index in [1.54, 1.807) is 14.2 Å². The SMILES string of the molecule is COc1ccc(-c2noc3c(OC)cccc23)cc1. The zero-order valence-electron chi connectivity index (χ0n) is 10.7. The van der Waals surface area contributed by atoms with Gasteiger partial charge in [-0.15, -0.1) is 0 Å². The number of hydrogen-bond acceptors (Lipinski definition) is 4. The molecule has 0 fully saturated rings. The first-order valence-corrected chi connectivity index (χ1v) is 5.90. The van der Waals surface area contributed by atoms with Crippen molar-refractivity contribution < 1.29 is 14.0 Å². The molecule has 3 rings (SSSR count). The van der Waals surface area contributed by atoms with Crippen LogP contribution >= 0.6 is 0 Å². The predicted octanol–water partition coefficient (Wildman–Crippen LogP) is 3.51. The van der Waals surface area contributed by atoms with Crippen LogP contribution in [0, 0.1) is 0 Å². The molecule has 0 unspecified atom stereocenters. The second kappa shape index (κ2) is 4.65. The molecule has 0 atom stereocenters. The van der Waals surface area contributed by atoms with E-state index in [4.69, 9.17) is 14.0 Å². The molecule has 0 aliphatic rings. The highest BCUT2D eigenvalue weighted by molar-refractivity contribution is 5.94. The number of nitrogens with zero attached hydrogens (tertiary/aromatic N) is 1. The number of para-hydroxylation sites is 1. The molecule has 0 amide bonds. The van der Waals surface area contributed by atoms with Gasteiger partial charge in [0, 0.05) is 5.56 Å².